The average Bonchev–Trinajstić information content (AvgIpc) is 3.70. The zero-order valence-electron chi connectivity index (χ0n) is 28.2. The first-order chi connectivity index (χ1) is 21.0. The lowest BCUT2D eigenvalue weighted by Gasteiger charge is -2.65. The van der Waals surface area contributed by atoms with Gasteiger partial charge in [-0.25, -0.2) is 0 Å². The Morgan fingerprint density at radius 2 is 1.68 bits per heavy atom. The zero-order chi connectivity index (χ0) is 30.6. The van der Waals surface area contributed by atoms with Gasteiger partial charge in [-0.3, -0.25) is 9.59 Å². The van der Waals surface area contributed by atoms with E-state index < -0.39 is 0 Å². The van der Waals surface area contributed by atoms with Crippen molar-refractivity contribution in [2.45, 2.75) is 123 Å². The van der Waals surface area contributed by atoms with Gasteiger partial charge in [0.1, 0.15) is 6.42 Å². The highest BCUT2D eigenvalue weighted by molar-refractivity contribution is 5.97. The number of nitrogens with zero attached hydrogens (tertiary/aromatic N) is 1. The summed E-state index contributed by atoms with van der Waals surface area (Å²) in [6, 6.07) is 0.214. The van der Waals surface area contributed by atoms with Gasteiger partial charge in [-0.15, -0.1) is 0 Å². The lowest BCUT2D eigenvalue weighted by molar-refractivity contribution is -0.276. The molecule has 14 atom stereocenters. The van der Waals surface area contributed by atoms with Crippen LogP contribution in [-0.4, -0.2) is 67.4 Å². The van der Waals surface area contributed by atoms with Gasteiger partial charge in [-0.1, -0.05) is 34.6 Å². The standard InChI is InChI=1S/C37H59N3O4/c1-22-8-13-37(43-21-22)23(2)33-30(44-37)16-36(5)29-7-6-26-14-27(9-11-34(26,3)28(29)10-12-35(33,36)4)39-31(41)15-32(42)40-19-24-17-38-18-25(24)20-40/h22-30,33,38H,6-21H2,1-5H3,(H,39,41)/t22-,23-,24?,25?,26+,27-,28-,29+,30-,33-,34-,35+,36-,37+/m0/s1. The number of carbonyl (C=O) groups excluding carboxylic acids is 2. The number of fused-ring (bicyclic) bond motifs is 8. The van der Waals surface area contributed by atoms with Gasteiger partial charge in [0.2, 0.25) is 11.8 Å². The van der Waals surface area contributed by atoms with Gasteiger partial charge in [0.05, 0.1) is 12.7 Å². The molecule has 0 aromatic heterocycles. The summed E-state index contributed by atoms with van der Waals surface area (Å²) in [5, 5.41) is 6.76. The third kappa shape index (κ3) is 4.29. The van der Waals surface area contributed by atoms with E-state index in [1.54, 1.807) is 0 Å². The van der Waals surface area contributed by atoms with Crippen molar-refractivity contribution in [3.05, 3.63) is 0 Å². The Bertz CT molecular complexity index is 1160. The molecule has 246 valence electrons. The molecule has 2 unspecified atom stereocenters. The van der Waals surface area contributed by atoms with Crippen molar-refractivity contribution in [3.8, 4) is 0 Å². The van der Waals surface area contributed by atoms with Crippen molar-refractivity contribution in [2.75, 3.05) is 32.8 Å². The topological polar surface area (TPSA) is 79.9 Å². The maximum Gasteiger partial charge on any atom is 0.232 e. The second-order valence-corrected chi connectivity index (χ2v) is 18.0. The van der Waals surface area contributed by atoms with Crippen LogP contribution in [0.4, 0.5) is 0 Å². The van der Waals surface area contributed by atoms with Crippen LogP contribution >= 0.6 is 0 Å². The molecule has 0 bridgehead atoms. The predicted octanol–water partition coefficient (Wildman–Crippen LogP) is 5.38. The lowest BCUT2D eigenvalue weighted by Crippen LogP contribution is -2.59. The van der Waals surface area contributed by atoms with E-state index in [2.05, 4.69) is 45.3 Å². The van der Waals surface area contributed by atoms with E-state index in [9.17, 15) is 9.59 Å². The molecule has 0 aromatic carbocycles. The number of carbonyl (C=O) groups is 2. The van der Waals surface area contributed by atoms with Gasteiger partial charge in [-0.2, -0.15) is 0 Å². The highest BCUT2D eigenvalue weighted by Crippen LogP contribution is 2.76. The number of nitrogens with one attached hydrogen (secondary N) is 2. The number of ether oxygens (including phenoxy) is 2. The van der Waals surface area contributed by atoms with E-state index in [1.165, 1.54) is 44.9 Å². The molecule has 7 heteroatoms. The Morgan fingerprint density at radius 3 is 2.41 bits per heavy atom. The van der Waals surface area contributed by atoms with E-state index in [-0.39, 0.29) is 30.1 Å². The molecule has 4 heterocycles. The summed E-state index contributed by atoms with van der Waals surface area (Å²) in [6.45, 7) is 17.2. The first kappa shape index (κ1) is 30.2. The molecule has 8 rings (SSSR count). The molecular formula is C37H59N3O4. The van der Waals surface area contributed by atoms with Gasteiger partial charge < -0.3 is 25.0 Å². The minimum absolute atomic E-state index is 0.0150. The van der Waals surface area contributed by atoms with Gasteiger partial charge in [0.15, 0.2) is 5.79 Å². The van der Waals surface area contributed by atoms with Crippen LogP contribution in [0.3, 0.4) is 0 Å². The van der Waals surface area contributed by atoms with Crippen molar-refractivity contribution in [3.63, 3.8) is 0 Å². The van der Waals surface area contributed by atoms with E-state index in [1.807, 2.05) is 4.90 Å². The molecule has 8 aliphatic rings. The van der Waals surface area contributed by atoms with Crippen LogP contribution in [0.25, 0.3) is 0 Å². The zero-order valence-corrected chi connectivity index (χ0v) is 28.2. The molecule has 4 saturated heterocycles. The maximum absolute atomic E-state index is 13.1. The van der Waals surface area contributed by atoms with E-state index in [0.717, 1.165) is 63.9 Å². The Labute approximate surface area is 265 Å². The molecule has 2 N–H and O–H groups in total. The lowest BCUT2D eigenvalue weighted by atomic mass is 9.40. The molecule has 0 radical (unpaired) electrons. The second-order valence-electron chi connectivity index (χ2n) is 18.0. The molecule has 7 nitrogen and oxygen atoms in total. The molecular weight excluding hydrogens is 550 g/mol. The molecule has 4 saturated carbocycles. The summed E-state index contributed by atoms with van der Waals surface area (Å²) in [6.07, 6.45) is 12.4. The molecule has 2 amide bonds. The fraction of sp³-hybridized carbons (Fsp3) is 0.946. The fourth-order valence-corrected chi connectivity index (χ4v) is 13.4. The van der Waals surface area contributed by atoms with Crippen LogP contribution in [0.15, 0.2) is 0 Å². The summed E-state index contributed by atoms with van der Waals surface area (Å²) < 4.78 is 13.6. The summed E-state index contributed by atoms with van der Waals surface area (Å²) in [5.41, 5.74) is 0.964. The quantitative estimate of drug-likeness (QED) is 0.421. The summed E-state index contributed by atoms with van der Waals surface area (Å²) in [4.78, 5) is 27.9. The number of likely N-dealkylation sites (tertiary alicyclic amines) is 1. The first-order valence-corrected chi connectivity index (χ1v) is 18.6. The van der Waals surface area contributed by atoms with Crippen molar-refractivity contribution in [1.29, 1.82) is 0 Å². The Hall–Kier alpha value is -1.18. The minimum Gasteiger partial charge on any atom is -0.353 e. The molecule has 4 aliphatic heterocycles. The predicted molar refractivity (Wildman–Crippen MR) is 169 cm³/mol. The van der Waals surface area contributed by atoms with Crippen molar-refractivity contribution >= 4 is 11.8 Å². The SMILES string of the molecule is C[C@H]1CC[C@@]2(OC1)O[C@H]1C[C@@]3(C)[C@@H]4CC[C@@H]5C[C@@H](NC(=O)CC(=O)N6CC7CNCC7C6)CC[C@]5(C)[C@H]4CC[C@]3(C)[C@H]1[C@@H]2C. The molecule has 0 aromatic rings. The average molecular weight is 610 g/mol. The van der Waals surface area contributed by atoms with Crippen LogP contribution in [0.1, 0.15) is 105 Å². The van der Waals surface area contributed by atoms with Crippen LogP contribution in [-0.2, 0) is 19.1 Å². The van der Waals surface area contributed by atoms with E-state index in [0.29, 0.717) is 57.9 Å². The summed E-state index contributed by atoms with van der Waals surface area (Å²) in [7, 11) is 0. The van der Waals surface area contributed by atoms with Crippen molar-refractivity contribution in [1.82, 2.24) is 15.5 Å². The largest absolute Gasteiger partial charge is 0.353 e. The first-order valence-electron chi connectivity index (χ1n) is 18.6. The van der Waals surface area contributed by atoms with E-state index >= 15 is 0 Å². The molecule has 44 heavy (non-hydrogen) atoms. The Kier molecular flexibility index (Phi) is 7.14. The monoisotopic (exact) mass is 609 g/mol. The summed E-state index contributed by atoms with van der Waals surface area (Å²) in [5.74, 6) is 4.63. The highest BCUT2D eigenvalue weighted by atomic mass is 16.7. The normalized spacial score (nSPS) is 54.3. The second kappa shape index (κ2) is 10.4. The van der Waals surface area contributed by atoms with Crippen LogP contribution in [0, 0.1) is 63.6 Å². The van der Waals surface area contributed by atoms with E-state index in [4.69, 9.17) is 9.47 Å². The molecule has 8 fully saturated rings. The smallest absolute Gasteiger partial charge is 0.232 e. The van der Waals surface area contributed by atoms with Gasteiger partial charge in [0.25, 0.3) is 0 Å². The van der Waals surface area contributed by atoms with Gasteiger partial charge in [0, 0.05) is 44.6 Å². The fourth-order valence-electron chi connectivity index (χ4n) is 13.4. The van der Waals surface area contributed by atoms with Crippen LogP contribution in [0.5, 0.6) is 0 Å². The number of hydrogen-bond acceptors (Lipinski definition) is 5. The third-order valence-electron chi connectivity index (χ3n) is 16.2. The van der Waals surface area contributed by atoms with Crippen molar-refractivity contribution in [2.24, 2.45) is 63.6 Å². The molecule has 1 spiro atoms. The summed E-state index contributed by atoms with van der Waals surface area (Å²) >= 11 is 0. The number of amides is 2. The van der Waals surface area contributed by atoms with Crippen LogP contribution < -0.4 is 10.6 Å². The molecule has 4 aliphatic carbocycles. The number of rotatable bonds is 3. The van der Waals surface area contributed by atoms with Crippen LogP contribution in [0.2, 0.25) is 0 Å². The van der Waals surface area contributed by atoms with Gasteiger partial charge >= 0.3 is 0 Å². The minimum atomic E-state index is -0.342. The Balaban J connectivity index is 0.909. The maximum atomic E-state index is 13.1. The third-order valence-corrected chi connectivity index (χ3v) is 16.2. The van der Waals surface area contributed by atoms with Crippen molar-refractivity contribution < 1.29 is 19.1 Å². The number of hydrogen-bond donors (Lipinski definition) is 2. The highest BCUT2D eigenvalue weighted by Gasteiger charge is 2.73. The Morgan fingerprint density at radius 1 is 0.909 bits per heavy atom. The van der Waals surface area contributed by atoms with Gasteiger partial charge in [-0.05, 0) is 115 Å².